The van der Waals surface area contributed by atoms with Gasteiger partial charge in [0.25, 0.3) is 0 Å². The molecule has 0 radical (unpaired) electrons. The van der Waals surface area contributed by atoms with Crippen LogP contribution in [0.15, 0.2) is 0 Å². The Morgan fingerprint density at radius 2 is 1.40 bits per heavy atom. The molecular formula is C15H34N2O3. The van der Waals surface area contributed by atoms with Gasteiger partial charge in [0, 0.05) is 19.7 Å². The third-order valence-corrected chi connectivity index (χ3v) is 2.87. The molecule has 1 N–H and O–H groups in total. The number of hydrogen-bond donors (Lipinski definition) is 1. The topological polar surface area (TPSA) is 53.0 Å². The fourth-order valence-corrected chi connectivity index (χ4v) is 1.90. The Morgan fingerprint density at radius 3 is 1.65 bits per heavy atom. The monoisotopic (exact) mass is 290 g/mol. The number of carbonyl (C=O) groups is 1. The van der Waals surface area contributed by atoms with Crippen LogP contribution >= 0.6 is 0 Å². The highest BCUT2D eigenvalue weighted by Crippen LogP contribution is 2.07. The van der Waals surface area contributed by atoms with E-state index in [0.717, 1.165) is 25.9 Å². The summed E-state index contributed by atoms with van der Waals surface area (Å²) in [5.74, 6) is 0. The fraction of sp³-hybridized carbons (Fsp3) is 0.933. The first-order valence-corrected chi connectivity index (χ1v) is 7.78. The number of ether oxygens (including phenoxy) is 1. The molecule has 1 amide bonds. The standard InChI is InChI=1S/C6H11NO2.C5H11N.C2H6O.C2H6/c1-9-6(8)7-4-2-3-5-7;1-6-4-2-3-5-6;1-2-3;1-2/h2-5H2,1H3;2-5H2,1H3;3H,2H2,1H3;1-2H3. The van der Waals surface area contributed by atoms with Gasteiger partial charge in [-0.15, -0.1) is 0 Å². The molecule has 122 valence electrons. The van der Waals surface area contributed by atoms with Crippen molar-refractivity contribution in [3.05, 3.63) is 0 Å². The Kier molecular flexibility index (Phi) is 17.5. The van der Waals surface area contributed by atoms with Crippen LogP contribution in [0.4, 0.5) is 4.79 Å². The molecule has 20 heavy (non-hydrogen) atoms. The van der Waals surface area contributed by atoms with Gasteiger partial charge in [0.15, 0.2) is 0 Å². The number of carbonyl (C=O) groups excluding carboxylic acids is 1. The van der Waals surface area contributed by atoms with Gasteiger partial charge in [0.1, 0.15) is 0 Å². The van der Waals surface area contributed by atoms with E-state index in [1.165, 1.54) is 33.0 Å². The summed E-state index contributed by atoms with van der Waals surface area (Å²) in [5.41, 5.74) is 0. The van der Waals surface area contributed by atoms with Crippen LogP contribution in [0.5, 0.6) is 0 Å². The zero-order valence-electron chi connectivity index (χ0n) is 14.0. The number of aliphatic hydroxyl groups is 1. The number of hydrogen-bond acceptors (Lipinski definition) is 4. The molecule has 0 spiro atoms. The van der Waals surface area contributed by atoms with E-state index in [4.69, 9.17) is 5.11 Å². The number of amides is 1. The van der Waals surface area contributed by atoms with E-state index in [9.17, 15) is 4.79 Å². The van der Waals surface area contributed by atoms with Gasteiger partial charge in [-0.05, 0) is 52.7 Å². The van der Waals surface area contributed by atoms with Crippen molar-refractivity contribution >= 4 is 6.09 Å². The minimum atomic E-state index is -0.187. The molecule has 0 bridgehead atoms. The van der Waals surface area contributed by atoms with Crippen molar-refractivity contribution in [3.63, 3.8) is 0 Å². The third kappa shape index (κ3) is 12.2. The van der Waals surface area contributed by atoms with Crippen molar-refractivity contribution < 1.29 is 14.6 Å². The Balaban J connectivity index is 0. The van der Waals surface area contributed by atoms with Gasteiger partial charge in [-0.25, -0.2) is 4.79 Å². The molecule has 0 aromatic rings. The highest BCUT2D eigenvalue weighted by Gasteiger charge is 2.17. The maximum Gasteiger partial charge on any atom is 0.409 e. The predicted molar refractivity (Wildman–Crippen MR) is 84.1 cm³/mol. The summed E-state index contributed by atoms with van der Waals surface area (Å²) in [5, 5.41) is 7.57. The van der Waals surface area contributed by atoms with Gasteiger partial charge in [0.05, 0.1) is 7.11 Å². The molecule has 5 heteroatoms. The van der Waals surface area contributed by atoms with Crippen molar-refractivity contribution in [2.24, 2.45) is 0 Å². The lowest BCUT2D eigenvalue weighted by Gasteiger charge is -2.11. The lowest BCUT2D eigenvalue weighted by Crippen LogP contribution is -2.27. The molecule has 2 fully saturated rings. The molecule has 2 rings (SSSR count). The maximum absolute atomic E-state index is 10.7. The Labute approximate surface area is 124 Å². The van der Waals surface area contributed by atoms with Crippen molar-refractivity contribution in [3.8, 4) is 0 Å². The molecular weight excluding hydrogens is 256 g/mol. The van der Waals surface area contributed by atoms with Crippen molar-refractivity contribution in [2.75, 3.05) is 46.9 Å². The van der Waals surface area contributed by atoms with Crippen LogP contribution in [-0.2, 0) is 4.74 Å². The molecule has 0 unspecified atom stereocenters. The van der Waals surface area contributed by atoms with Crippen molar-refractivity contribution in [1.82, 2.24) is 9.80 Å². The number of methoxy groups -OCH3 is 1. The van der Waals surface area contributed by atoms with E-state index >= 15 is 0 Å². The molecule has 0 aromatic heterocycles. The van der Waals surface area contributed by atoms with E-state index in [2.05, 4.69) is 16.7 Å². The average Bonchev–Trinajstić information content (AvgIpc) is 3.15. The zero-order chi connectivity index (χ0) is 15.8. The molecule has 2 saturated heterocycles. The molecule has 0 atom stereocenters. The number of likely N-dealkylation sites (tertiary alicyclic amines) is 2. The second-order valence-corrected chi connectivity index (χ2v) is 4.49. The first-order chi connectivity index (χ1) is 9.65. The minimum Gasteiger partial charge on any atom is -0.453 e. The largest absolute Gasteiger partial charge is 0.453 e. The Bertz CT molecular complexity index is 201. The van der Waals surface area contributed by atoms with E-state index < -0.39 is 0 Å². The van der Waals surface area contributed by atoms with Crippen LogP contribution in [0, 0.1) is 0 Å². The summed E-state index contributed by atoms with van der Waals surface area (Å²) < 4.78 is 4.52. The van der Waals surface area contributed by atoms with Crippen LogP contribution in [0.1, 0.15) is 46.5 Å². The molecule has 2 aliphatic rings. The zero-order valence-corrected chi connectivity index (χ0v) is 14.0. The van der Waals surface area contributed by atoms with Crippen molar-refractivity contribution in [1.29, 1.82) is 0 Å². The molecule has 0 aliphatic carbocycles. The van der Waals surface area contributed by atoms with Gasteiger partial charge in [0.2, 0.25) is 0 Å². The summed E-state index contributed by atoms with van der Waals surface area (Å²) in [6.07, 6.45) is 4.88. The van der Waals surface area contributed by atoms with Crippen LogP contribution in [0.2, 0.25) is 0 Å². The van der Waals surface area contributed by atoms with Gasteiger partial charge in [-0.2, -0.15) is 0 Å². The highest BCUT2D eigenvalue weighted by atomic mass is 16.5. The first-order valence-electron chi connectivity index (χ1n) is 7.78. The summed E-state index contributed by atoms with van der Waals surface area (Å²) in [4.78, 5) is 14.8. The second-order valence-electron chi connectivity index (χ2n) is 4.49. The summed E-state index contributed by atoms with van der Waals surface area (Å²) >= 11 is 0. The molecule has 0 saturated carbocycles. The first kappa shape index (κ1) is 21.5. The normalized spacial score (nSPS) is 17.0. The predicted octanol–water partition coefficient (Wildman–Crippen LogP) is 2.59. The highest BCUT2D eigenvalue weighted by molar-refractivity contribution is 5.67. The molecule has 5 nitrogen and oxygen atoms in total. The number of aliphatic hydroxyl groups excluding tert-OH is 1. The van der Waals surface area contributed by atoms with Gasteiger partial charge < -0.3 is 19.6 Å². The van der Waals surface area contributed by atoms with Gasteiger partial charge in [-0.1, -0.05) is 13.8 Å². The number of nitrogens with zero attached hydrogens (tertiary/aromatic N) is 2. The van der Waals surface area contributed by atoms with Crippen LogP contribution in [-0.4, -0.2) is 67.9 Å². The van der Waals surface area contributed by atoms with Gasteiger partial charge in [-0.3, -0.25) is 0 Å². The second kappa shape index (κ2) is 16.2. The maximum atomic E-state index is 10.7. The van der Waals surface area contributed by atoms with Crippen LogP contribution in [0.25, 0.3) is 0 Å². The smallest absolute Gasteiger partial charge is 0.409 e. The lowest BCUT2D eigenvalue weighted by molar-refractivity contribution is 0.133. The molecule has 2 heterocycles. The molecule has 2 aliphatic heterocycles. The SMILES string of the molecule is CC.CCO.CN1CCCC1.COC(=O)N1CCCC1. The Morgan fingerprint density at radius 1 is 1.05 bits per heavy atom. The van der Waals surface area contributed by atoms with E-state index in [1.807, 2.05) is 13.8 Å². The molecule has 0 aromatic carbocycles. The van der Waals surface area contributed by atoms with E-state index in [1.54, 1.807) is 11.8 Å². The Hall–Kier alpha value is -0.810. The third-order valence-electron chi connectivity index (χ3n) is 2.87. The summed E-state index contributed by atoms with van der Waals surface area (Å²) in [6.45, 7) is 10.3. The van der Waals surface area contributed by atoms with E-state index in [-0.39, 0.29) is 12.7 Å². The van der Waals surface area contributed by atoms with E-state index in [0.29, 0.717) is 0 Å². The average molecular weight is 290 g/mol. The number of rotatable bonds is 0. The lowest BCUT2D eigenvalue weighted by atomic mass is 10.4. The van der Waals surface area contributed by atoms with Crippen LogP contribution in [0.3, 0.4) is 0 Å². The van der Waals surface area contributed by atoms with Gasteiger partial charge >= 0.3 is 6.09 Å². The quantitative estimate of drug-likeness (QED) is 0.745. The fourth-order valence-electron chi connectivity index (χ4n) is 1.90. The summed E-state index contributed by atoms with van der Waals surface area (Å²) in [6, 6.07) is 0. The minimum absolute atomic E-state index is 0.187. The van der Waals surface area contributed by atoms with Crippen molar-refractivity contribution in [2.45, 2.75) is 46.5 Å². The van der Waals surface area contributed by atoms with Crippen LogP contribution < -0.4 is 0 Å². The summed E-state index contributed by atoms with van der Waals surface area (Å²) in [7, 11) is 3.59.